The molecule has 1 heterocycles. The van der Waals surface area contributed by atoms with Gasteiger partial charge >= 0.3 is 0 Å². The van der Waals surface area contributed by atoms with Crippen LogP contribution in [0.3, 0.4) is 0 Å². The fourth-order valence-corrected chi connectivity index (χ4v) is 3.37. The van der Waals surface area contributed by atoms with Gasteiger partial charge in [-0.15, -0.1) is 0 Å². The molecule has 0 aromatic rings. The molecular formula is C12H22O. The minimum atomic E-state index is 0.312. The van der Waals surface area contributed by atoms with E-state index >= 15 is 0 Å². The van der Waals surface area contributed by atoms with Gasteiger partial charge in [0, 0.05) is 6.61 Å². The zero-order valence-electron chi connectivity index (χ0n) is 9.01. The van der Waals surface area contributed by atoms with Crippen molar-refractivity contribution in [1.29, 1.82) is 0 Å². The van der Waals surface area contributed by atoms with Crippen LogP contribution in [0.15, 0.2) is 0 Å². The Bertz CT molecular complexity index is 168. The minimum absolute atomic E-state index is 0.312. The maximum Gasteiger partial charge on any atom is 0.0713 e. The van der Waals surface area contributed by atoms with Crippen molar-refractivity contribution in [2.75, 3.05) is 6.61 Å². The molecule has 1 aliphatic heterocycles. The molecule has 0 N–H and O–H groups in total. The van der Waals surface area contributed by atoms with Gasteiger partial charge in [0.05, 0.1) is 5.60 Å². The van der Waals surface area contributed by atoms with Crippen LogP contribution < -0.4 is 0 Å². The molecule has 0 aromatic heterocycles. The maximum atomic E-state index is 6.10. The molecule has 13 heavy (non-hydrogen) atoms. The summed E-state index contributed by atoms with van der Waals surface area (Å²) in [5, 5.41) is 0. The maximum absolute atomic E-state index is 6.10. The molecule has 2 fully saturated rings. The van der Waals surface area contributed by atoms with Gasteiger partial charge in [-0.05, 0) is 43.9 Å². The molecule has 2 atom stereocenters. The first-order chi connectivity index (χ1) is 6.25. The van der Waals surface area contributed by atoms with E-state index in [1.807, 2.05) is 0 Å². The van der Waals surface area contributed by atoms with Gasteiger partial charge in [-0.25, -0.2) is 0 Å². The van der Waals surface area contributed by atoms with Gasteiger partial charge in [-0.3, -0.25) is 0 Å². The monoisotopic (exact) mass is 182 g/mol. The lowest BCUT2D eigenvalue weighted by atomic mass is 9.78. The molecule has 1 heteroatoms. The van der Waals surface area contributed by atoms with Crippen molar-refractivity contribution in [3.8, 4) is 0 Å². The third kappa shape index (κ3) is 1.63. The Balaban J connectivity index is 2.09. The number of rotatable bonds is 1. The second-order valence-electron chi connectivity index (χ2n) is 5.11. The quantitative estimate of drug-likeness (QED) is 0.604. The van der Waals surface area contributed by atoms with Gasteiger partial charge in [-0.1, -0.05) is 20.3 Å². The van der Waals surface area contributed by atoms with Gasteiger partial charge in [0.25, 0.3) is 0 Å². The molecule has 76 valence electrons. The number of hydrogen-bond acceptors (Lipinski definition) is 1. The molecule has 1 spiro atoms. The predicted molar refractivity (Wildman–Crippen MR) is 54.7 cm³/mol. The summed E-state index contributed by atoms with van der Waals surface area (Å²) in [6.45, 7) is 5.73. The Kier molecular flexibility index (Phi) is 2.64. The first-order valence-corrected chi connectivity index (χ1v) is 5.88. The molecule has 0 bridgehead atoms. The zero-order valence-corrected chi connectivity index (χ0v) is 9.01. The van der Waals surface area contributed by atoms with Crippen LogP contribution in [-0.4, -0.2) is 12.2 Å². The Morgan fingerprint density at radius 3 is 2.54 bits per heavy atom. The summed E-state index contributed by atoms with van der Waals surface area (Å²) in [5.41, 5.74) is 0.312. The highest BCUT2D eigenvalue weighted by atomic mass is 16.5. The van der Waals surface area contributed by atoms with Gasteiger partial charge in [0.2, 0.25) is 0 Å². The SMILES string of the molecule is CC(C)C1CCCC12CCCCO2. The summed E-state index contributed by atoms with van der Waals surface area (Å²) in [6.07, 6.45) is 8.13. The number of ether oxygens (including phenoxy) is 1. The lowest BCUT2D eigenvalue weighted by Crippen LogP contribution is -2.41. The first-order valence-electron chi connectivity index (χ1n) is 5.88. The molecule has 2 unspecified atom stereocenters. The second kappa shape index (κ2) is 3.61. The van der Waals surface area contributed by atoms with Crippen molar-refractivity contribution in [3.63, 3.8) is 0 Å². The molecule has 0 amide bonds. The first kappa shape index (κ1) is 9.51. The van der Waals surface area contributed by atoms with E-state index in [4.69, 9.17) is 4.74 Å². The molecule has 2 aliphatic rings. The van der Waals surface area contributed by atoms with E-state index in [1.165, 1.54) is 38.5 Å². The predicted octanol–water partition coefficient (Wildman–Crippen LogP) is 3.38. The van der Waals surface area contributed by atoms with Gasteiger partial charge < -0.3 is 4.74 Å². The molecular weight excluding hydrogens is 160 g/mol. The largest absolute Gasteiger partial charge is 0.375 e. The normalized spacial score (nSPS) is 40.4. The van der Waals surface area contributed by atoms with E-state index in [1.54, 1.807) is 0 Å². The van der Waals surface area contributed by atoms with Crippen LogP contribution in [0.5, 0.6) is 0 Å². The summed E-state index contributed by atoms with van der Waals surface area (Å²) in [6, 6.07) is 0. The average molecular weight is 182 g/mol. The Morgan fingerprint density at radius 1 is 1.15 bits per heavy atom. The van der Waals surface area contributed by atoms with Crippen LogP contribution in [0.4, 0.5) is 0 Å². The van der Waals surface area contributed by atoms with E-state index in [0.29, 0.717) is 5.60 Å². The van der Waals surface area contributed by atoms with Crippen molar-refractivity contribution < 1.29 is 4.74 Å². The molecule has 2 rings (SSSR count). The molecule has 1 saturated heterocycles. The Morgan fingerprint density at radius 2 is 1.92 bits per heavy atom. The third-order valence-electron chi connectivity index (χ3n) is 3.98. The summed E-state index contributed by atoms with van der Waals surface area (Å²) in [4.78, 5) is 0. The van der Waals surface area contributed by atoms with Gasteiger partial charge in [0.1, 0.15) is 0 Å². The fourth-order valence-electron chi connectivity index (χ4n) is 3.37. The Labute approximate surface area is 81.9 Å². The van der Waals surface area contributed by atoms with E-state index in [2.05, 4.69) is 13.8 Å². The molecule has 0 aromatic carbocycles. The highest BCUT2D eigenvalue weighted by molar-refractivity contribution is 4.96. The van der Waals surface area contributed by atoms with Crippen LogP contribution in [-0.2, 0) is 4.74 Å². The molecule has 1 nitrogen and oxygen atoms in total. The molecule has 1 aliphatic carbocycles. The molecule has 1 saturated carbocycles. The van der Waals surface area contributed by atoms with E-state index in [-0.39, 0.29) is 0 Å². The lowest BCUT2D eigenvalue weighted by molar-refractivity contribution is -0.112. The smallest absolute Gasteiger partial charge is 0.0713 e. The zero-order chi connectivity index (χ0) is 9.31. The average Bonchev–Trinajstić information content (AvgIpc) is 2.50. The fraction of sp³-hybridized carbons (Fsp3) is 1.00. The van der Waals surface area contributed by atoms with E-state index < -0.39 is 0 Å². The van der Waals surface area contributed by atoms with Crippen molar-refractivity contribution in [2.45, 2.75) is 58.0 Å². The standard InChI is InChI=1S/C12H22O/c1-10(2)11-6-5-8-12(11)7-3-4-9-13-12/h10-11H,3-9H2,1-2H3. The second-order valence-corrected chi connectivity index (χ2v) is 5.11. The van der Waals surface area contributed by atoms with Crippen molar-refractivity contribution in [2.24, 2.45) is 11.8 Å². The summed E-state index contributed by atoms with van der Waals surface area (Å²) >= 11 is 0. The van der Waals surface area contributed by atoms with Gasteiger partial charge in [-0.2, -0.15) is 0 Å². The number of hydrogen-bond donors (Lipinski definition) is 0. The van der Waals surface area contributed by atoms with Crippen LogP contribution in [0.1, 0.15) is 52.4 Å². The topological polar surface area (TPSA) is 9.23 Å². The summed E-state index contributed by atoms with van der Waals surface area (Å²) < 4.78 is 6.10. The summed E-state index contributed by atoms with van der Waals surface area (Å²) in [7, 11) is 0. The third-order valence-corrected chi connectivity index (χ3v) is 3.98. The van der Waals surface area contributed by atoms with Gasteiger partial charge in [0.15, 0.2) is 0 Å². The van der Waals surface area contributed by atoms with Crippen LogP contribution in [0.2, 0.25) is 0 Å². The van der Waals surface area contributed by atoms with Crippen LogP contribution >= 0.6 is 0 Å². The Hall–Kier alpha value is -0.0400. The van der Waals surface area contributed by atoms with E-state index in [0.717, 1.165) is 18.4 Å². The summed E-state index contributed by atoms with van der Waals surface area (Å²) in [5.74, 6) is 1.65. The van der Waals surface area contributed by atoms with Crippen molar-refractivity contribution in [1.82, 2.24) is 0 Å². The minimum Gasteiger partial charge on any atom is -0.375 e. The lowest BCUT2D eigenvalue weighted by Gasteiger charge is -2.40. The van der Waals surface area contributed by atoms with E-state index in [9.17, 15) is 0 Å². The van der Waals surface area contributed by atoms with Crippen LogP contribution in [0, 0.1) is 11.8 Å². The van der Waals surface area contributed by atoms with Crippen molar-refractivity contribution in [3.05, 3.63) is 0 Å². The highest BCUT2D eigenvalue weighted by Gasteiger charge is 2.45. The molecule has 0 radical (unpaired) electrons. The highest BCUT2D eigenvalue weighted by Crippen LogP contribution is 2.47. The van der Waals surface area contributed by atoms with Crippen molar-refractivity contribution >= 4 is 0 Å². The van der Waals surface area contributed by atoms with Crippen LogP contribution in [0.25, 0.3) is 0 Å².